The van der Waals surface area contributed by atoms with Gasteiger partial charge in [-0.1, -0.05) is 31.4 Å². The van der Waals surface area contributed by atoms with E-state index in [0.717, 1.165) is 29.4 Å². The van der Waals surface area contributed by atoms with E-state index < -0.39 is 11.7 Å². The molecule has 1 aromatic heterocycles. The van der Waals surface area contributed by atoms with Crippen LogP contribution in [0.5, 0.6) is 0 Å². The van der Waals surface area contributed by atoms with Gasteiger partial charge in [0.1, 0.15) is 5.58 Å². The van der Waals surface area contributed by atoms with Crippen LogP contribution in [0.15, 0.2) is 76.6 Å². The van der Waals surface area contributed by atoms with E-state index in [2.05, 4.69) is 31.9 Å². The number of benzene rings is 2. The molecular weight excluding hydrogens is 458 g/mol. The van der Waals surface area contributed by atoms with Crippen LogP contribution in [0.3, 0.4) is 0 Å². The van der Waals surface area contributed by atoms with Crippen LogP contribution in [0.1, 0.15) is 37.8 Å². The number of allylic oxidation sites excluding steroid dienone is 1. The molecule has 8 nitrogen and oxygen atoms in total. The monoisotopic (exact) mass is 487 g/mol. The molecule has 2 aromatic carbocycles. The number of hydrogen-bond donors (Lipinski definition) is 0. The third-order valence-corrected chi connectivity index (χ3v) is 6.28. The Hall–Kier alpha value is -4.33. The van der Waals surface area contributed by atoms with Crippen LogP contribution in [0.2, 0.25) is 0 Å². The second kappa shape index (κ2) is 10.1. The van der Waals surface area contributed by atoms with Crippen molar-refractivity contribution in [1.82, 2.24) is 5.06 Å². The topological polar surface area (TPSA) is 83.3 Å². The Morgan fingerprint density at radius 2 is 1.81 bits per heavy atom. The molecule has 1 aliphatic heterocycles. The third-order valence-electron chi connectivity index (χ3n) is 6.28. The lowest BCUT2D eigenvalue weighted by Gasteiger charge is -2.27. The SMILES string of the molecule is C=C1CCC(=O)N1OC(=O)N(C(=C)c1cc2ccc(N(CC)CC)cc2oc1=O)c1ccccc1C. The standard InChI is InChI=1S/C28H29N3O5/c1-6-29(7-2)22-14-13-21-16-23(27(33)35-25(21)17-22)20(5)30(24-11-9-8-10-18(24)3)28(34)36-31-19(4)12-15-26(31)32/h8-11,13-14,16-17H,4-7,12,15H2,1-3H3. The maximum absolute atomic E-state index is 13.4. The summed E-state index contributed by atoms with van der Waals surface area (Å²) >= 11 is 0. The highest BCUT2D eigenvalue weighted by Crippen LogP contribution is 2.31. The molecule has 4 rings (SSSR count). The Morgan fingerprint density at radius 3 is 2.44 bits per heavy atom. The van der Waals surface area contributed by atoms with Crippen molar-refractivity contribution < 1.29 is 18.8 Å². The van der Waals surface area contributed by atoms with Gasteiger partial charge in [0.05, 0.1) is 22.6 Å². The van der Waals surface area contributed by atoms with Gasteiger partial charge in [0.15, 0.2) is 0 Å². The molecule has 1 aliphatic rings. The first-order valence-corrected chi connectivity index (χ1v) is 11.9. The molecule has 0 unspecified atom stereocenters. The molecule has 1 saturated heterocycles. The average molecular weight is 488 g/mol. The summed E-state index contributed by atoms with van der Waals surface area (Å²) in [4.78, 5) is 47.4. The van der Waals surface area contributed by atoms with E-state index in [-0.39, 0.29) is 23.6 Å². The molecule has 36 heavy (non-hydrogen) atoms. The van der Waals surface area contributed by atoms with Gasteiger partial charge < -0.3 is 14.2 Å². The van der Waals surface area contributed by atoms with Crippen molar-refractivity contribution in [1.29, 1.82) is 0 Å². The maximum Gasteiger partial charge on any atom is 0.443 e. The lowest BCUT2D eigenvalue weighted by Crippen LogP contribution is -2.37. The van der Waals surface area contributed by atoms with Gasteiger partial charge in [0, 0.05) is 36.7 Å². The number of aryl methyl sites for hydroxylation is 1. The lowest BCUT2D eigenvalue weighted by molar-refractivity contribution is -0.151. The fourth-order valence-electron chi connectivity index (χ4n) is 4.24. The summed E-state index contributed by atoms with van der Waals surface area (Å²) in [5.41, 5.74) is 2.50. The van der Waals surface area contributed by atoms with E-state index in [1.54, 1.807) is 18.2 Å². The molecule has 8 heteroatoms. The fourth-order valence-corrected chi connectivity index (χ4v) is 4.24. The lowest BCUT2D eigenvalue weighted by atomic mass is 10.1. The van der Waals surface area contributed by atoms with Crippen molar-refractivity contribution in [3.8, 4) is 0 Å². The van der Waals surface area contributed by atoms with Crippen LogP contribution in [0.25, 0.3) is 16.7 Å². The number of amides is 2. The van der Waals surface area contributed by atoms with Crippen molar-refractivity contribution in [3.05, 3.63) is 88.9 Å². The van der Waals surface area contributed by atoms with Gasteiger partial charge in [-0.3, -0.25) is 4.79 Å². The van der Waals surface area contributed by atoms with Crippen LogP contribution < -0.4 is 15.4 Å². The van der Waals surface area contributed by atoms with E-state index in [0.29, 0.717) is 28.8 Å². The minimum atomic E-state index is -0.887. The second-order valence-corrected chi connectivity index (χ2v) is 8.52. The predicted molar refractivity (Wildman–Crippen MR) is 140 cm³/mol. The van der Waals surface area contributed by atoms with Gasteiger partial charge in [-0.25, -0.2) is 14.5 Å². The maximum atomic E-state index is 13.4. The summed E-state index contributed by atoms with van der Waals surface area (Å²) in [7, 11) is 0. The molecular formula is C28H29N3O5. The van der Waals surface area contributed by atoms with Gasteiger partial charge in [-0.15, -0.1) is 5.06 Å². The van der Waals surface area contributed by atoms with Crippen LogP contribution in [-0.2, 0) is 9.63 Å². The number of para-hydroxylation sites is 1. The summed E-state index contributed by atoms with van der Waals surface area (Å²) in [6.45, 7) is 15.4. The van der Waals surface area contributed by atoms with Gasteiger partial charge >= 0.3 is 11.7 Å². The van der Waals surface area contributed by atoms with Crippen molar-refractivity contribution in [2.45, 2.75) is 33.6 Å². The first-order chi connectivity index (χ1) is 17.2. The smallest absolute Gasteiger partial charge is 0.422 e. The summed E-state index contributed by atoms with van der Waals surface area (Å²) < 4.78 is 5.66. The van der Waals surface area contributed by atoms with Gasteiger partial charge in [-0.2, -0.15) is 0 Å². The van der Waals surface area contributed by atoms with Crippen molar-refractivity contribution >= 4 is 40.0 Å². The molecule has 0 radical (unpaired) electrons. The Morgan fingerprint density at radius 1 is 1.08 bits per heavy atom. The van der Waals surface area contributed by atoms with Crippen molar-refractivity contribution in [2.75, 3.05) is 22.9 Å². The number of anilines is 2. The van der Waals surface area contributed by atoms with Crippen LogP contribution in [-0.4, -0.2) is 30.2 Å². The number of rotatable bonds is 7. The van der Waals surface area contributed by atoms with E-state index in [9.17, 15) is 14.4 Å². The molecule has 0 bridgehead atoms. The highest BCUT2D eigenvalue weighted by atomic mass is 16.7. The number of hydroxylamine groups is 2. The van der Waals surface area contributed by atoms with Gasteiger partial charge in [0.25, 0.3) is 5.91 Å². The minimum Gasteiger partial charge on any atom is -0.422 e. The van der Waals surface area contributed by atoms with Crippen molar-refractivity contribution in [2.24, 2.45) is 0 Å². The zero-order valence-electron chi connectivity index (χ0n) is 20.7. The Bertz CT molecular complexity index is 1400. The van der Waals surface area contributed by atoms with Gasteiger partial charge in [-0.05, 0) is 57.0 Å². The van der Waals surface area contributed by atoms with E-state index >= 15 is 0 Å². The van der Waals surface area contributed by atoms with E-state index in [1.807, 2.05) is 37.3 Å². The molecule has 2 heterocycles. The molecule has 0 atom stereocenters. The number of nitrogens with zero attached hydrogens (tertiary/aromatic N) is 3. The summed E-state index contributed by atoms with van der Waals surface area (Å²) in [6, 6.07) is 14.4. The van der Waals surface area contributed by atoms with E-state index in [4.69, 9.17) is 9.25 Å². The molecule has 2 amide bonds. The highest BCUT2D eigenvalue weighted by Gasteiger charge is 2.33. The summed E-state index contributed by atoms with van der Waals surface area (Å²) in [5, 5.41) is 1.58. The molecule has 0 aliphatic carbocycles. The van der Waals surface area contributed by atoms with Crippen LogP contribution in [0.4, 0.5) is 16.2 Å². The average Bonchev–Trinajstić information content (AvgIpc) is 3.17. The number of carbonyl (C=O) groups is 2. The van der Waals surface area contributed by atoms with Crippen LogP contribution >= 0.6 is 0 Å². The first-order valence-electron chi connectivity index (χ1n) is 11.9. The quantitative estimate of drug-likeness (QED) is 0.403. The molecule has 186 valence electrons. The predicted octanol–water partition coefficient (Wildman–Crippen LogP) is 5.61. The van der Waals surface area contributed by atoms with E-state index in [1.165, 1.54) is 4.90 Å². The summed E-state index contributed by atoms with van der Waals surface area (Å²) in [6.07, 6.45) is -0.274. The molecule has 0 saturated carbocycles. The number of carbonyl (C=O) groups excluding carboxylic acids is 2. The second-order valence-electron chi connectivity index (χ2n) is 8.52. The Labute approximate surface area is 209 Å². The normalized spacial score (nSPS) is 13.2. The zero-order valence-corrected chi connectivity index (χ0v) is 20.7. The molecule has 1 fully saturated rings. The summed E-state index contributed by atoms with van der Waals surface area (Å²) in [5.74, 6) is -0.363. The highest BCUT2D eigenvalue weighted by molar-refractivity contribution is 6.03. The molecule has 0 spiro atoms. The minimum absolute atomic E-state index is 0.0648. The van der Waals surface area contributed by atoms with Crippen LogP contribution in [0, 0.1) is 6.92 Å². The van der Waals surface area contributed by atoms with Crippen molar-refractivity contribution in [3.63, 3.8) is 0 Å². The largest absolute Gasteiger partial charge is 0.443 e. The Balaban J connectivity index is 1.76. The third kappa shape index (κ3) is 4.62. The Kier molecular flexibility index (Phi) is 6.96. The molecule has 3 aromatic rings. The fraction of sp³-hybridized carbons (Fsp3) is 0.250. The van der Waals surface area contributed by atoms with Gasteiger partial charge in [0.2, 0.25) is 0 Å². The first kappa shape index (κ1) is 24.8. The number of fused-ring (bicyclic) bond motifs is 1. The number of hydrogen-bond acceptors (Lipinski definition) is 6. The zero-order chi connectivity index (χ0) is 26.0. The molecule has 0 N–H and O–H groups in total.